The van der Waals surface area contributed by atoms with Crippen molar-refractivity contribution in [1.29, 1.82) is 1.43 Å². The number of hydrogen-bond acceptors (Lipinski definition) is 4. The van der Waals surface area contributed by atoms with Crippen LogP contribution < -0.4 is 0 Å². The summed E-state index contributed by atoms with van der Waals surface area (Å²) in [4.78, 5) is 13.2. The molecule has 1 atom stereocenters. The van der Waals surface area contributed by atoms with E-state index >= 15 is 0 Å². The molecule has 1 aromatic carbocycles. The molecule has 1 aromatic rings. The van der Waals surface area contributed by atoms with Gasteiger partial charge in [0.25, 0.3) is 0 Å². The molecule has 0 saturated heterocycles. The van der Waals surface area contributed by atoms with Gasteiger partial charge in [-0.1, -0.05) is 74.9 Å². The predicted octanol–water partition coefficient (Wildman–Crippen LogP) is 3.34. The number of carbonyl (C=O) groups excluding carboxylic acids is 1. The molecule has 0 spiro atoms. The van der Waals surface area contributed by atoms with Crippen molar-refractivity contribution in [2.45, 2.75) is 51.2 Å². The Morgan fingerprint density at radius 3 is 2.77 bits per heavy atom. The Morgan fingerprint density at radius 1 is 1.38 bits per heavy atom. The van der Waals surface area contributed by atoms with E-state index in [0.29, 0.717) is 0 Å². The van der Waals surface area contributed by atoms with Gasteiger partial charge in [0.05, 0.1) is 18.8 Å². The molecule has 4 heteroatoms. The van der Waals surface area contributed by atoms with Gasteiger partial charge in [0.2, 0.25) is 1.43 Å². The smallest absolute Gasteiger partial charge is 0.344 e. The summed E-state index contributed by atoms with van der Waals surface area (Å²) in [5.74, 6) is -4.17. The monoisotopic (exact) mass is 387 g/mol. The fourth-order valence-corrected chi connectivity index (χ4v) is 1.63. The third-order valence-electron chi connectivity index (χ3n) is 2.79. The summed E-state index contributed by atoms with van der Waals surface area (Å²) in [5.41, 5.74) is -6.28. The van der Waals surface area contributed by atoms with Gasteiger partial charge in [0.1, 0.15) is 0 Å². The maximum absolute atomic E-state index is 14.3. The van der Waals surface area contributed by atoms with Crippen LogP contribution in [-0.2, 0) is 15.1 Å². The molecule has 0 aromatic heterocycles. The van der Waals surface area contributed by atoms with E-state index in [1.54, 1.807) is 0 Å². The molecule has 4 nitrogen and oxygen atoms in total. The molecule has 142 valence electrons. The molecule has 26 heavy (non-hydrogen) atoms. The van der Waals surface area contributed by atoms with Crippen molar-refractivity contribution in [3.63, 3.8) is 0 Å². The highest BCUT2D eigenvalue weighted by molar-refractivity contribution is 5.81. The molecule has 1 N–H and O–H groups in total. The van der Waals surface area contributed by atoms with Gasteiger partial charge in [-0.2, -0.15) is 0 Å². The van der Waals surface area contributed by atoms with Crippen LogP contribution in [0.4, 0.5) is 0 Å². The van der Waals surface area contributed by atoms with E-state index < -0.39 is 130 Å². The summed E-state index contributed by atoms with van der Waals surface area (Å²) in [6.07, 6.45) is -21.6. The van der Waals surface area contributed by atoms with Crippen molar-refractivity contribution in [3.05, 3.63) is 35.8 Å². The Balaban J connectivity index is 3.14. The maximum Gasteiger partial charge on any atom is 0.344 e. The van der Waals surface area contributed by atoms with Gasteiger partial charge in [0, 0.05) is 33.3 Å². The highest BCUT2D eigenvalue weighted by atomic mass is 16.5. The first-order valence-corrected chi connectivity index (χ1v) is 6.60. The molecule has 0 amide bonds. The second kappa shape index (κ2) is 10.4. The Hall–Kier alpha value is -1.83. The lowest BCUT2D eigenvalue weighted by Crippen LogP contribution is -2.45. The van der Waals surface area contributed by atoms with Crippen LogP contribution in [0.15, 0.2) is 30.2 Å². The van der Waals surface area contributed by atoms with Crippen molar-refractivity contribution in [1.82, 2.24) is 4.90 Å². The first kappa shape index (κ1) is 4.26. The molecule has 1 aliphatic carbocycles. The average Bonchev–Trinajstić information content (AvgIpc) is 2.98. The SMILES string of the molecule is [2H]OC(C(=O)OC([2H])([2H])C#CC([2H])([2H])N(C([2H])([2H])C([2H])([2H])[2H])C([2H])([2H])C([2H])([2H])[2H])(c1c([2H])c([2H])c([2H])c([2H])c1[2H])C1C([2H])([2H])C([2H])([2H])C([2H])([2H])C([2H])([2H])C1([2H])[2H]. The second-order valence-electron chi connectivity index (χ2n) is 4.24. The van der Waals surface area contributed by atoms with Crippen LogP contribution >= 0.6 is 0 Å². The molecule has 2 rings (SSSR count). The van der Waals surface area contributed by atoms with Gasteiger partial charge in [-0.05, 0) is 31.3 Å². The third-order valence-corrected chi connectivity index (χ3v) is 2.79. The van der Waals surface area contributed by atoms with Gasteiger partial charge >= 0.3 is 5.97 Å². The molecule has 0 bridgehead atoms. The van der Waals surface area contributed by atoms with Crippen molar-refractivity contribution < 1.29 is 54.4 Å². The molecule has 1 unspecified atom stereocenters. The minimum atomic E-state index is -4.48. The minimum absolute atomic E-state index is 1.04. The lowest BCUT2D eigenvalue weighted by molar-refractivity contribution is -0.174. The fourth-order valence-electron chi connectivity index (χ4n) is 1.63. The molecule has 1 fully saturated rings. The van der Waals surface area contributed by atoms with Crippen LogP contribution in [0.5, 0.6) is 0 Å². The summed E-state index contributed by atoms with van der Waals surface area (Å²) in [6, 6.07) is -7.43. The van der Waals surface area contributed by atoms with E-state index in [0.717, 1.165) is 0 Å². The number of carbonyl (C=O) groups is 1. The summed E-state index contributed by atoms with van der Waals surface area (Å²) in [5, 5.41) is 4.41. The van der Waals surface area contributed by atoms with E-state index in [-0.39, 0.29) is 0 Å². The van der Waals surface area contributed by atoms with E-state index in [1.165, 1.54) is 11.8 Å². The quantitative estimate of drug-likeness (QED) is 0.549. The van der Waals surface area contributed by atoms with Crippen LogP contribution in [0.25, 0.3) is 0 Å². The van der Waals surface area contributed by atoms with E-state index in [9.17, 15) is 4.79 Å². The van der Waals surface area contributed by atoms with E-state index in [2.05, 4.69) is 9.85 Å². The summed E-state index contributed by atoms with van der Waals surface area (Å²) in [6.45, 7) is -25.1. The Kier molecular flexibility index (Phi) is 1.70. The Labute approximate surface area is 199 Å². The Bertz CT molecular complexity index is 1700. The number of aliphatic hydroxyl groups is 1. The van der Waals surface area contributed by atoms with Gasteiger partial charge in [-0.25, -0.2) is 4.79 Å². The Morgan fingerprint density at radius 2 is 2.12 bits per heavy atom. The predicted molar refractivity (Wildman–Crippen MR) is 103 cm³/mol. The standard InChI is InChI=1S/C22H31NO3/c1-3-23(4-2)17-11-12-18-26-21(24)22(25,19-13-7-5-8-14-19)20-15-9-6-10-16-20/h5,7-8,13-14,20,25H,3-4,6,9-10,15-18H2,1-2H3/i1D3,2D3,3D2,4D2,5D,6D2,7D,8D,9D2,10D2,13D,14D,15D2,16D2,17D2,18D2,25D. The van der Waals surface area contributed by atoms with Crippen molar-refractivity contribution in [3.8, 4) is 11.8 Å². The number of rotatable bonds is 8. The molecule has 0 aliphatic heterocycles. The number of esters is 1. The lowest BCUT2D eigenvalue weighted by atomic mass is 9.73. The number of ether oxygens (including phenoxy) is 1. The van der Waals surface area contributed by atoms with Gasteiger partial charge in [-0.3, -0.25) is 4.90 Å². The molecule has 0 radical (unpaired) electrons. The van der Waals surface area contributed by atoms with Gasteiger partial charge < -0.3 is 9.85 Å². The first-order valence-electron chi connectivity index (χ1n) is 21.5. The summed E-state index contributed by atoms with van der Waals surface area (Å²) in [7, 11) is 0. The average molecular weight is 388 g/mol. The third kappa shape index (κ3) is 5.09. The number of benzene rings is 1. The van der Waals surface area contributed by atoms with Crippen LogP contribution in [0.1, 0.15) is 90.9 Å². The van der Waals surface area contributed by atoms with Crippen molar-refractivity contribution in [2.75, 3.05) is 26.0 Å². The topological polar surface area (TPSA) is 49.8 Å². The van der Waals surface area contributed by atoms with Gasteiger partial charge in [0.15, 0.2) is 12.2 Å². The minimum Gasteiger partial charge on any atom is -0.450 e. The number of nitrogens with zero attached hydrogens (tertiary/aromatic N) is 1. The fraction of sp³-hybridized carbons (Fsp3) is 0.591. The highest BCUT2D eigenvalue weighted by Gasteiger charge is 2.46. The van der Waals surface area contributed by atoms with Crippen LogP contribution in [0.3, 0.4) is 0 Å². The molecule has 0 heterocycles. The van der Waals surface area contributed by atoms with Gasteiger partial charge in [-0.15, -0.1) is 0 Å². The van der Waals surface area contributed by atoms with Crippen molar-refractivity contribution in [2.24, 2.45) is 5.92 Å². The molecular weight excluding hydrogens is 326 g/mol. The second-order valence-corrected chi connectivity index (χ2v) is 4.24. The zero-order valence-electron chi connectivity index (χ0n) is 42.7. The highest BCUT2D eigenvalue weighted by Crippen LogP contribution is 2.40. The van der Waals surface area contributed by atoms with Crippen LogP contribution in [0.2, 0.25) is 0 Å². The molecule has 1 saturated carbocycles. The normalized spacial score (nSPS) is 47.0. The van der Waals surface area contributed by atoms with E-state index in [4.69, 9.17) is 41.2 Å². The van der Waals surface area contributed by atoms with E-state index in [1.807, 2.05) is 0 Å². The zero-order valence-corrected chi connectivity index (χ0v) is 12.7. The first-order chi connectivity index (χ1) is 24.3. The lowest BCUT2D eigenvalue weighted by Gasteiger charge is -2.36. The maximum atomic E-state index is 14.3. The molecular formula is C22H31NO3. The largest absolute Gasteiger partial charge is 0.450 e. The summed E-state index contributed by atoms with van der Waals surface area (Å²) < 4.78 is 246. The number of hydrogen-bond donors (Lipinski definition) is 1. The van der Waals surface area contributed by atoms with Crippen LogP contribution in [0, 0.1) is 17.8 Å². The summed E-state index contributed by atoms with van der Waals surface area (Å²) >= 11 is 0. The van der Waals surface area contributed by atoms with Crippen molar-refractivity contribution >= 4 is 5.97 Å². The zero-order chi connectivity index (χ0) is 45.0. The van der Waals surface area contributed by atoms with Crippen LogP contribution in [-0.4, -0.2) is 43.5 Å². The molecule has 1 aliphatic rings.